The Hall–Kier alpha value is -0.230. The monoisotopic (exact) mass is 144 g/mol. The van der Waals surface area contributed by atoms with Gasteiger partial charge in [-0.05, 0) is 18.9 Å². The van der Waals surface area contributed by atoms with Crippen molar-refractivity contribution >= 4 is 11.6 Å². The molecule has 0 atom stereocenters. The summed E-state index contributed by atoms with van der Waals surface area (Å²) in [6, 6.07) is 0. The standard InChI is InChI=1S/C8H13Cl/c1-3-5-6-7-8(9)4-2/h5-7H,3-4H2,1-2H3/b6-5-,8-7+. The average Bonchev–Trinajstić information content (AvgIpc) is 1.89. The molecule has 0 aromatic rings. The van der Waals surface area contributed by atoms with E-state index in [9.17, 15) is 0 Å². The van der Waals surface area contributed by atoms with E-state index in [4.69, 9.17) is 11.6 Å². The summed E-state index contributed by atoms with van der Waals surface area (Å²) in [6.45, 7) is 4.14. The third-order valence-electron chi connectivity index (χ3n) is 0.987. The molecule has 0 spiro atoms. The van der Waals surface area contributed by atoms with Gasteiger partial charge in [0.1, 0.15) is 0 Å². The smallest absolute Gasteiger partial charge is 0.0178 e. The first kappa shape index (κ1) is 8.77. The zero-order chi connectivity index (χ0) is 7.11. The lowest BCUT2D eigenvalue weighted by Gasteiger charge is -1.84. The Morgan fingerprint density at radius 1 is 1.44 bits per heavy atom. The highest BCUT2D eigenvalue weighted by atomic mass is 35.5. The SMILES string of the molecule is CC/C=C\C=C(\Cl)CC. The minimum absolute atomic E-state index is 0.916. The Balaban J connectivity index is 3.55. The highest BCUT2D eigenvalue weighted by Crippen LogP contribution is 2.05. The van der Waals surface area contributed by atoms with Gasteiger partial charge in [-0.25, -0.2) is 0 Å². The van der Waals surface area contributed by atoms with Crippen LogP contribution in [0.5, 0.6) is 0 Å². The maximum Gasteiger partial charge on any atom is 0.0178 e. The lowest BCUT2D eigenvalue weighted by molar-refractivity contribution is 1.19. The first-order valence-corrected chi connectivity index (χ1v) is 3.70. The van der Waals surface area contributed by atoms with Gasteiger partial charge in [0.2, 0.25) is 0 Å². The fourth-order valence-electron chi connectivity index (χ4n) is 0.426. The molecule has 0 N–H and O–H groups in total. The van der Waals surface area contributed by atoms with Crippen LogP contribution in [0.1, 0.15) is 26.7 Å². The van der Waals surface area contributed by atoms with Gasteiger partial charge in [0, 0.05) is 5.03 Å². The third-order valence-corrected chi connectivity index (χ3v) is 1.38. The van der Waals surface area contributed by atoms with Gasteiger partial charge in [-0.15, -0.1) is 0 Å². The van der Waals surface area contributed by atoms with Crippen molar-refractivity contribution in [2.75, 3.05) is 0 Å². The van der Waals surface area contributed by atoms with Gasteiger partial charge in [-0.3, -0.25) is 0 Å². The molecular formula is C8H13Cl. The molecule has 0 aromatic heterocycles. The Labute approximate surface area is 62.2 Å². The van der Waals surface area contributed by atoms with E-state index in [1.807, 2.05) is 19.1 Å². The molecule has 0 aliphatic heterocycles. The van der Waals surface area contributed by atoms with Crippen molar-refractivity contribution in [3.8, 4) is 0 Å². The van der Waals surface area contributed by atoms with Crippen LogP contribution in [-0.2, 0) is 0 Å². The highest BCUT2D eigenvalue weighted by molar-refractivity contribution is 6.29. The molecule has 0 rings (SSSR count). The minimum Gasteiger partial charge on any atom is -0.0892 e. The predicted molar refractivity (Wildman–Crippen MR) is 43.7 cm³/mol. The van der Waals surface area contributed by atoms with E-state index in [2.05, 4.69) is 13.0 Å². The summed E-state index contributed by atoms with van der Waals surface area (Å²) in [5.41, 5.74) is 0. The topological polar surface area (TPSA) is 0 Å². The first-order valence-electron chi connectivity index (χ1n) is 3.32. The largest absolute Gasteiger partial charge is 0.0892 e. The molecule has 0 bridgehead atoms. The molecule has 0 aliphatic rings. The Morgan fingerprint density at radius 3 is 2.56 bits per heavy atom. The van der Waals surface area contributed by atoms with E-state index < -0.39 is 0 Å². The summed E-state index contributed by atoms with van der Waals surface area (Å²) < 4.78 is 0. The van der Waals surface area contributed by atoms with Crippen LogP contribution < -0.4 is 0 Å². The van der Waals surface area contributed by atoms with Crippen molar-refractivity contribution in [1.29, 1.82) is 0 Å². The number of hydrogen-bond donors (Lipinski definition) is 0. The van der Waals surface area contributed by atoms with Gasteiger partial charge in [-0.2, -0.15) is 0 Å². The number of allylic oxidation sites excluding steroid dienone is 4. The molecule has 0 nitrogen and oxygen atoms in total. The molecule has 0 heterocycles. The Bertz CT molecular complexity index is 112. The molecule has 0 unspecified atom stereocenters. The lowest BCUT2D eigenvalue weighted by atomic mass is 10.3. The van der Waals surface area contributed by atoms with E-state index in [1.54, 1.807) is 0 Å². The second-order valence-electron chi connectivity index (χ2n) is 1.80. The summed E-state index contributed by atoms with van der Waals surface area (Å²) in [5, 5.41) is 0.916. The van der Waals surface area contributed by atoms with Gasteiger partial charge in [-0.1, -0.05) is 37.6 Å². The van der Waals surface area contributed by atoms with E-state index in [-0.39, 0.29) is 0 Å². The summed E-state index contributed by atoms with van der Waals surface area (Å²) in [7, 11) is 0. The lowest BCUT2D eigenvalue weighted by Crippen LogP contribution is -1.62. The zero-order valence-corrected chi connectivity index (χ0v) is 6.78. The summed E-state index contributed by atoms with van der Waals surface area (Å²) in [5.74, 6) is 0. The molecule has 0 saturated carbocycles. The van der Waals surface area contributed by atoms with E-state index in [1.165, 1.54) is 0 Å². The van der Waals surface area contributed by atoms with Crippen molar-refractivity contribution in [3.05, 3.63) is 23.3 Å². The zero-order valence-electron chi connectivity index (χ0n) is 6.02. The maximum absolute atomic E-state index is 5.71. The van der Waals surface area contributed by atoms with Crippen LogP contribution in [0.3, 0.4) is 0 Å². The van der Waals surface area contributed by atoms with Crippen LogP contribution in [-0.4, -0.2) is 0 Å². The van der Waals surface area contributed by atoms with Crippen LogP contribution in [0, 0.1) is 0 Å². The normalized spacial score (nSPS) is 13.0. The molecule has 0 fully saturated rings. The predicted octanol–water partition coefficient (Wildman–Crippen LogP) is 3.49. The average molecular weight is 145 g/mol. The van der Waals surface area contributed by atoms with Gasteiger partial charge in [0.15, 0.2) is 0 Å². The molecule has 0 aromatic carbocycles. The molecule has 0 aliphatic carbocycles. The molecule has 52 valence electrons. The van der Waals surface area contributed by atoms with Gasteiger partial charge in [0.05, 0.1) is 0 Å². The number of hydrogen-bond acceptors (Lipinski definition) is 0. The number of rotatable bonds is 3. The van der Waals surface area contributed by atoms with Gasteiger partial charge >= 0.3 is 0 Å². The number of halogens is 1. The van der Waals surface area contributed by atoms with E-state index in [0.717, 1.165) is 17.9 Å². The summed E-state index contributed by atoms with van der Waals surface area (Å²) in [6.07, 6.45) is 8.01. The second-order valence-corrected chi connectivity index (χ2v) is 2.29. The van der Waals surface area contributed by atoms with Gasteiger partial charge in [0.25, 0.3) is 0 Å². The van der Waals surface area contributed by atoms with Crippen molar-refractivity contribution in [2.24, 2.45) is 0 Å². The van der Waals surface area contributed by atoms with Crippen LogP contribution in [0.2, 0.25) is 0 Å². The van der Waals surface area contributed by atoms with Crippen molar-refractivity contribution < 1.29 is 0 Å². The molecule has 9 heavy (non-hydrogen) atoms. The Morgan fingerprint density at radius 2 is 2.11 bits per heavy atom. The molecule has 1 heteroatoms. The van der Waals surface area contributed by atoms with Crippen LogP contribution >= 0.6 is 11.6 Å². The van der Waals surface area contributed by atoms with Crippen LogP contribution in [0.15, 0.2) is 23.3 Å². The van der Waals surface area contributed by atoms with E-state index in [0.29, 0.717) is 0 Å². The fourth-order valence-corrected chi connectivity index (χ4v) is 0.499. The molecular weight excluding hydrogens is 132 g/mol. The van der Waals surface area contributed by atoms with Crippen molar-refractivity contribution in [1.82, 2.24) is 0 Å². The molecule has 0 saturated heterocycles. The van der Waals surface area contributed by atoms with Gasteiger partial charge < -0.3 is 0 Å². The van der Waals surface area contributed by atoms with Crippen LogP contribution in [0.25, 0.3) is 0 Å². The van der Waals surface area contributed by atoms with Crippen molar-refractivity contribution in [2.45, 2.75) is 26.7 Å². The van der Waals surface area contributed by atoms with Crippen molar-refractivity contribution in [3.63, 3.8) is 0 Å². The fraction of sp³-hybridized carbons (Fsp3) is 0.500. The highest BCUT2D eigenvalue weighted by Gasteiger charge is 1.79. The summed E-state index contributed by atoms with van der Waals surface area (Å²) in [4.78, 5) is 0. The molecule has 0 amide bonds. The quantitative estimate of drug-likeness (QED) is 0.532. The first-order chi connectivity index (χ1) is 4.31. The second kappa shape index (κ2) is 5.90. The Kier molecular flexibility index (Phi) is 5.75. The summed E-state index contributed by atoms with van der Waals surface area (Å²) >= 11 is 5.71. The maximum atomic E-state index is 5.71. The van der Waals surface area contributed by atoms with Crippen LogP contribution in [0.4, 0.5) is 0 Å². The molecule has 0 radical (unpaired) electrons. The third kappa shape index (κ3) is 5.64. The van der Waals surface area contributed by atoms with E-state index >= 15 is 0 Å². The minimum atomic E-state index is 0.916.